The average molecular weight is 345 g/mol. The molecular formula is C19H23NO5. The van der Waals surface area contributed by atoms with E-state index in [-0.39, 0.29) is 17.6 Å². The number of aliphatic hydroxyl groups is 1. The van der Waals surface area contributed by atoms with E-state index in [4.69, 9.17) is 9.47 Å². The fraction of sp³-hybridized carbons (Fsp3) is 0.632. The van der Waals surface area contributed by atoms with E-state index in [2.05, 4.69) is 4.90 Å². The van der Waals surface area contributed by atoms with E-state index in [1.807, 2.05) is 6.07 Å². The van der Waals surface area contributed by atoms with E-state index in [1.54, 1.807) is 13.2 Å². The number of benzene rings is 1. The summed E-state index contributed by atoms with van der Waals surface area (Å²) in [7, 11) is 1.69. The lowest BCUT2D eigenvalue weighted by Gasteiger charge is -2.62. The monoisotopic (exact) mass is 345 g/mol. The number of phenolic OH excluding ortho intramolecular Hbond substituents is 1. The van der Waals surface area contributed by atoms with E-state index in [0.29, 0.717) is 38.0 Å². The van der Waals surface area contributed by atoms with Crippen LogP contribution in [0.15, 0.2) is 12.1 Å². The molecule has 2 aliphatic carbocycles. The van der Waals surface area contributed by atoms with Gasteiger partial charge in [0.1, 0.15) is 0 Å². The molecule has 2 fully saturated rings. The zero-order chi connectivity index (χ0) is 17.4. The molecule has 2 unspecified atom stereocenters. The van der Waals surface area contributed by atoms with Crippen LogP contribution in [-0.4, -0.2) is 65.4 Å². The molecule has 25 heavy (non-hydrogen) atoms. The first-order valence-electron chi connectivity index (χ1n) is 9.03. The number of likely N-dealkylation sites (tertiary alicyclic amines) is 1. The summed E-state index contributed by atoms with van der Waals surface area (Å²) in [5.41, 5.74) is 0.236. The third-order valence-corrected chi connectivity index (χ3v) is 6.95. The third kappa shape index (κ3) is 1.68. The highest BCUT2D eigenvalue weighted by atomic mass is 16.5. The number of rotatable bonds is 3. The van der Waals surface area contributed by atoms with Crippen molar-refractivity contribution in [1.29, 1.82) is 0 Å². The van der Waals surface area contributed by atoms with Crippen molar-refractivity contribution in [3.8, 4) is 11.5 Å². The highest BCUT2D eigenvalue weighted by molar-refractivity contribution is 5.90. The van der Waals surface area contributed by atoms with Gasteiger partial charge < -0.3 is 19.7 Å². The number of nitrogens with zero attached hydrogens (tertiary/aromatic N) is 1. The maximum Gasteiger partial charge on any atom is 0.174 e. The molecule has 0 radical (unpaired) electrons. The van der Waals surface area contributed by atoms with Gasteiger partial charge in [0, 0.05) is 31.7 Å². The summed E-state index contributed by atoms with van der Waals surface area (Å²) in [4.78, 5) is 15.0. The Balaban J connectivity index is 1.72. The fourth-order valence-corrected chi connectivity index (χ4v) is 5.89. The summed E-state index contributed by atoms with van der Waals surface area (Å²) >= 11 is 0. The van der Waals surface area contributed by atoms with Gasteiger partial charge in [0.15, 0.2) is 23.4 Å². The van der Waals surface area contributed by atoms with Crippen molar-refractivity contribution in [1.82, 2.24) is 4.90 Å². The normalized spacial score (nSPS) is 38.4. The summed E-state index contributed by atoms with van der Waals surface area (Å²) in [6, 6.07) is 3.51. The molecule has 4 aliphatic rings. The predicted molar refractivity (Wildman–Crippen MR) is 88.9 cm³/mol. The Hall–Kier alpha value is -1.63. The van der Waals surface area contributed by atoms with Gasteiger partial charge >= 0.3 is 0 Å². The Kier molecular flexibility index (Phi) is 3.10. The highest BCUT2D eigenvalue weighted by Gasteiger charge is 2.73. The Morgan fingerprint density at radius 1 is 1.40 bits per heavy atom. The number of aromatic hydroxyl groups is 1. The van der Waals surface area contributed by atoms with Crippen LogP contribution in [0.4, 0.5) is 0 Å². The number of ketones is 1. The summed E-state index contributed by atoms with van der Waals surface area (Å²) in [5.74, 6) is 0.523. The number of hydrogen-bond donors (Lipinski definition) is 2. The molecule has 2 bridgehead atoms. The highest BCUT2D eigenvalue weighted by Crippen LogP contribution is 2.64. The quantitative estimate of drug-likeness (QED) is 0.842. The molecule has 1 aromatic carbocycles. The number of Topliss-reactive ketones (excluding diaryl/α,β-unsaturated/α-hetero) is 1. The molecule has 0 amide bonds. The van der Waals surface area contributed by atoms with Gasteiger partial charge in [0.25, 0.3) is 0 Å². The second-order valence-corrected chi connectivity index (χ2v) is 7.81. The molecule has 1 saturated heterocycles. The summed E-state index contributed by atoms with van der Waals surface area (Å²) in [5, 5.41) is 22.2. The minimum absolute atomic E-state index is 0.0391. The molecule has 0 aromatic heterocycles. The summed E-state index contributed by atoms with van der Waals surface area (Å²) in [6.07, 6.45) is 1.45. The Morgan fingerprint density at radius 2 is 2.24 bits per heavy atom. The average Bonchev–Trinajstić information content (AvgIpc) is 2.95. The minimum atomic E-state index is -1.01. The molecule has 6 nitrogen and oxygen atoms in total. The lowest BCUT2D eigenvalue weighted by molar-refractivity contribution is -0.189. The smallest absolute Gasteiger partial charge is 0.174 e. The van der Waals surface area contributed by atoms with Crippen molar-refractivity contribution in [3.05, 3.63) is 23.3 Å². The third-order valence-electron chi connectivity index (χ3n) is 6.95. The Morgan fingerprint density at radius 3 is 3.04 bits per heavy atom. The Labute approximate surface area is 146 Å². The van der Waals surface area contributed by atoms with Crippen molar-refractivity contribution in [2.75, 3.05) is 26.8 Å². The number of phenols is 1. The lowest BCUT2D eigenvalue weighted by atomic mass is 9.49. The van der Waals surface area contributed by atoms with E-state index in [9.17, 15) is 15.0 Å². The van der Waals surface area contributed by atoms with Crippen LogP contribution in [-0.2, 0) is 21.4 Å². The Bertz CT molecular complexity index is 764. The van der Waals surface area contributed by atoms with Gasteiger partial charge in [-0.15, -0.1) is 0 Å². The van der Waals surface area contributed by atoms with Gasteiger partial charge in [0.2, 0.25) is 0 Å². The first-order valence-corrected chi connectivity index (χ1v) is 9.03. The van der Waals surface area contributed by atoms with E-state index >= 15 is 0 Å². The number of carbonyl (C=O) groups excluding carboxylic acids is 1. The molecule has 4 atom stereocenters. The second-order valence-electron chi connectivity index (χ2n) is 7.81. The molecule has 2 aliphatic heterocycles. The van der Waals surface area contributed by atoms with Crippen LogP contribution in [0.5, 0.6) is 11.5 Å². The predicted octanol–water partition coefficient (Wildman–Crippen LogP) is 0.762. The molecule has 6 heteroatoms. The van der Waals surface area contributed by atoms with Gasteiger partial charge in [-0.3, -0.25) is 9.69 Å². The molecular weight excluding hydrogens is 322 g/mol. The van der Waals surface area contributed by atoms with Crippen molar-refractivity contribution >= 4 is 5.78 Å². The van der Waals surface area contributed by atoms with Gasteiger partial charge in [-0.1, -0.05) is 6.07 Å². The number of hydrogen-bond acceptors (Lipinski definition) is 6. The first kappa shape index (κ1) is 15.6. The number of piperidine rings is 1. The largest absolute Gasteiger partial charge is 0.504 e. The van der Waals surface area contributed by atoms with Gasteiger partial charge in [0.05, 0.1) is 17.6 Å². The van der Waals surface area contributed by atoms with Crippen molar-refractivity contribution in [2.24, 2.45) is 0 Å². The van der Waals surface area contributed by atoms with E-state index in [0.717, 1.165) is 24.2 Å². The van der Waals surface area contributed by atoms with Gasteiger partial charge in [-0.25, -0.2) is 0 Å². The second kappa shape index (κ2) is 4.96. The van der Waals surface area contributed by atoms with E-state index in [1.165, 1.54) is 0 Å². The molecule has 1 spiro atoms. The maximum absolute atomic E-state index is 12.7. The summed E-state index contributed by atoms with van der Waals surface area (Å²) < 4.78 is 11.2. The van der Waals surface area contributed by atoms with Crippen LogP contribution in [0, 0.1) is 0 Å². The van der Waals surface area contributed by atoms with E-state index < -0.39 is 17.1 Å². The molecule has 5 rings (SSSR count). The molecule has 2 heterocycles. The zero-order valence-corrected chi connectivity index (χ0v) is 14.3. The maximum atomic E-state index is 12.7. The molecule has 2 N–H and O–H groups in total. The molecule has 1 aromatic rings. The summed E-state index contributed by atoms with van der Waals surface area (Å²) in [6.45, 7) is 2.17. The van der Waals surface area contributed by atoms with Crippen molar-refractivity contribution in [3.63, 3.8) is 0 Å². The standard InChI is InChI=1S/C19H23NO5/c1-24-9-8-20-7-6-18-15-11-2-3-12(21)16(15)25-17(18)13(22)4-5-19(18,23)14(20)10-11/h2-3,14,17,21,23H,4-10H2,1H3/t14?,17-,18-,19?/m0/s1. The van der Waals surface area contributed by atoms with Gasteiger partial charge in [-0.05, 0) is 37.4 Å². The topological polar surface area (TPSA) is 79.2 Å². The first-order chi connectivity index (χ1) is 12.0. The lowest BCUT2D eigenvalue weighted by Crippen LogP contribution is -2.76. The number of carbonyl (C=O) groups is 1. The van der Waals surface area contributed by atoms with Crippen LogP contribution in [0.1, 0.15) is 30.4 Å². The SMILES string of the molecule is COCCN1CC[C@]23c4c5ccc(O)c4O[C@H]2C(=O)CCC3(O)C1C5. The molecule has 1 saturated carbocycles. The fourth-order valence-electron chi connectivity index (χ4n) is 5.89. The van der Waals surface area contributed by atoms with Crippen LogP contribution >= 0.6 is 0 Å². The zero-order valence-electron chi connectivity index (χ0n) is 14.3. The minimum Gasteiger partial charge on any atom is -0.504 e. The number of methoxy groups -OCH3 is 1. The number of ether oxygens (including phenoxy) is 2. The van der Waals surface area contributed by atoms with Crippen LogP contribution in [0.2, 0.25) is 0 Å². The van der Waals surface area contributed by atoms with Crippen LogP contribution in [0.25, 0.3) is 0 Å². The van der Waals surface area contributed by atoms with Crippen molar-refractivity contribution < 1.29 is 24.5 Å². The molecule has 134 valence electrons. The van der Waals surface area contributed by atoms with Crippen LogP contribution < -0.4 is 4.74 Å². The van der Waals surface area contributed by atoms with Crippen LogP contribution in [0.3, 0.4) is 0 Å². The van der Waals surface area contributed by atoms with Gasteiger partial charge in [-0.2, -0.15) is 0 Å². The van der Waals surface area contributed by atoms with Crippen molar-refractivity contribution in [2.45, 2.75) is 48.8 Å².